The first kappa shape index (κ1) is 21.8. The Morgan fingerprint density at radius 1 is 1.09 bits per heavy atom. The highest BCUT2D eigenvalue weighted by atomic mass is 32.1. The van der Waals surface area contributed by atoms with E-state index in [1.54, 1.807) is 24.5 Å². The molecule has 0 saturated heterocycles. The first-order valence-electron chi connectivity index (χ1n) is 10.4. The maximum atomic E-state index is 13.2. The number of carbonyl (C=O) groups excluding carboxylic acids is 1. The van der Waals surface area contributed by atoms with Crippen LogP contribution in [0.15, 0.2) is 71.1 Å². The molecule has 6 nitrogen and oxygen atoms in total. The zero-order valence-corrected chi connectivity index (χ0v) is 19.0. The van der Waals surface area contributed by atoms with Crippen molar-refractivity contribution in [1.29, 1.82) is 0 Å². The monoisotopic (exact) mass is 447 g/mol. The van der Waals surface area contributed by atoms with E-state index in [0.717, 1.165) is 21.8 Å². The molecule has 0 aliphatic heterocycles. The van der Waals surface area contributed by atoms with E-state index >= 15 is 0 Å². The highest BCUT2D eigenvalue weighted by Crippen LogP contribution is 2.22. The van der Waals surface area contributed by atoms with E-state index in [-0.39, 0.29) is 24.4 Å². The number of hydrogen-bond acceptors (Lipinski definition) is 5. The molecule has 2 aromatic heterocycles. The number of amides is 1. The van der Waals surface area contributed by atoms with Crippen LogP contribution in [0.5, 0.6) is 5.75 Å². The van der Waals surface area contributed by atoms with Crippen LogP contribution < -0.4 is 10.3 Å². The Balaban J connectivity index is 1.54. The highest BCUT2D eigenvalue weighted by molar-refractivity contribution is 7.09. The van der Waals surface area contributed by atoms with Crippen LogP contribution in [0.25, 0.3) is 10.9 Å². The molecule has 0 fully saturated rings. The number of para-hydroxylation sites is 2. The molecule has 0 aliphatic rings. The zero-order chi connectivity index (χ0) is 22.5. The van der Waals surface area contributed by atoms with Crippen molar-refractivity contribution in [2.45, 2.75) is 33.0 Å². The molecule has 164 valence electrons. The number of hydrogen-bond donors (Lipinski definition) is 0. The lowest BCUT2D eigenvalue weighted by Crippen LogP contribution is -2.32. The van der Waals surface area contributed by atoms with Gasteiger partial charge in [-0.2, -0.15) is 0 Å². The normalized spacial score (nSPS) is 10.9. The van der Waals surface area contributed by atoms with Crippen LogP contribution >= 0.6 is 11.3 Å². The summed E-state index contributed by atoms with van der Waals surface area (Å²) in [4.78, 5) is 33.5. The lowest BCUT2D eigenvalue weighted by molar-refractivity contribution is -0.132. The van der Waals surface area contributed by atoms with Gasteiger partial charge in [-0.05, 0) is 36.1 Å². The van der Waals surface area contributed by atoms with Crippen LogP contribution in [0, 0.1) is 6.92 Å². The Kier molecular flexibility index (Phi) is 6.66. The highest BCUT2D eigenvalue weighted by Gasteiger charge is 2.18. The van der Waals surface area contributed by atoms with Crippen molar-refractivity contribution >= 4 is 28.1 Å². The maximum absolute atomic E-state index is 13.2. The number of aryl methyl sites for hydroxylation is 2. The fourth-order valence-corrected chi connectivity index (χ4v) is 4.45. The first-order chi connectivity index (χ1) is 15.6. The smallest absolute Gasteiger partial charge is 0.261 e. The summed E-state index contributed by atoms with van der Waals surface area (Å²) in [5.41, 5.74) is 2.48. The van der Waals surface area contributed by atoms with Crippen LogP contribution in [0.2, 0.25) is 0 Å². The van der Waals surface area contributed by atoms with Crippen LogP contribution in [0.4, 0.5) is 0 Å². The lowest BCUT2D eigenvalue weighted by Gasteiger charge is -2.23. The van der Waals surface area contributed by atoms with Crippen LogP contribution in [0.1, 0.15) is 22.4 Å². The number of benzene rings is 2. The fraction of sp³-hybridized carbons (Fsp3) is 0.240. The van der Waals surface area contributed by atoms with Crippen molar-refractivity contribution in [3.05, 3.63) is 92.7 Å². The van der Waals surface area contributed by atoms with Crippen molar-refractivity contribution < 1.29 is 9.53 Å². The molecule has 0 aliphatic carbocycles. The molecule has 0 spiro atoms. The second kappa shape index (κ2) is 9.78. The third-order valence-corrected chi connectivity index (χ3v) is 6.32. The third kappa shape index (κ3) is 4.73. The summed E-state index contributed by atoms with van der Waals surface area (Å²) >= 11 is 1.62. The van der Waals surface area contributed by atoms with E-state index in [4.69, 9.17) is 4.74 Å². The van der Waals surface area contributed by atoms with Gasteiger partial charge in [0.1, 0.15) is 5.75 Å². The predicted octanol–water partition coefficient (Wildman–Crippen LogP) is 4.39. The number of aromatic nitrogens is 2. The Hall–Kier alpha value is -3.45. The fourth-order valence-electron chi connectivity index (χ4n) is 3.73. The minimum Gasteiger partial charge on any atom is -0.496 e. The molecule has 0 atom stereocenters. The molecule has 1 amide bonds. The quantitative estimate of drug-likeness (QED) is 0.402. The van der Waals surface area contributed by atoms with Gasteiger partial charge in [0.05, 0.1) is 30.9 Å². The molecule has 0 radical (unpaired) electrons. The summed E-state index contributed by atoms with van der Waals surface area (Å²) in [5.74, 6) is 0.724. The standard InChI is InChI=1S/C25H25N3O3S/c1-18-7-5-10-21-24(18)26-17-27(25(21)30)13-12-23(29)28(16-20-9-6-14-32-20)15-19-8-3-4-11-22(19)31-2/h3-11,14,17H,12-13,15-16H2,1-2H3. The molecule has 0 unspecified atom stereocenters. The van der Waals surface area contributed by atoms with E-state index in [1.807, 2.05) is 65.7 Å². The van der Waals surface area contributed by atoms with E-state index in [1.165, 1.54) is 10.9 Å². The molecule has 7 heteroatoms. The molecular weight excluding hydrogens is 422 g/mol. The number of fused-ring (bicyclic) bond motifs is 1. The van der Waals surface area contributed by atoms with Gasteiger partial charge in [0, 0.05) is 30.0 Å². The van der Waals surface area contributed by atoms with Gasteiger partial charge in [-0.15, -0.1) is 11.3 Å². The summed E-state index contributed by atoms with van der Waals surface area (Å²) in [6.45, 7) is 3.16. The Bertz CT molecular complexity index is 1280. The molecule has 4 rings (SSSR count). The molecule has 0 bridgehead atoms. The van der Waals surface area contributed by atoms with E-state index in [9.17, 15) is 9.59 Å². The van der Waals surface area contributed by atoms with Gasteiger partial charge < -0.3 is 9.64 Å². The van der Waals surface area contributed by atoms with Crippen molar-refractivity contribution in [1.82, 2.24) is 14.5 Å². The molecule has 4 aromatic rings. The van der Waals surface area contributed by atoms with Gasteiger partial charge in [-0.25, -0.2) is 4.98 Å². The van der Waals surface area contributed by atoms with Gasteiger partial charge in [0.15, 0.2) is 0 Å². The second-order valence-corrected chi connectivity index (χ2v) is 8.64. The molecule has 2 aromatic carbocycles. The topological polar surface area (TPSA) is 64.4 Å². The van der Waals surface area contributed by atoms with Crippen molar-refractivity contribution in [2.24, 2.45) is 0 Å². The summed E-state index contributed by atoms with van der Waals surface area (Å²) in [7, 11) is 1.63. The van der Waals surface area contributed by atoms with Gasteiger partial charge in [0.25, 0.3) is 5.56 Å². The minimum atomic E-state index is -0.124. The van der Waals surface area contributed by atoms with Gasteiger partial charge >= 0.3 is 0 Å². The van der Waals surface area contributed by atoms with Crippen molar-refractivity contribution in [2.75, 3.05) is 7.11 Å². The lowest BCUT2D eigenvalue weighted by atomic mass is 10.1. The minimum absolute atomic E-state index is 0.0273. The number of thiophene rings is 1. The van der Waals surface area contributed by atoms with Crippen LogP contribution in [-0.2, 0) is 24.4 Å². The van der Waals surface area contributed by atoms with Crippen LogP contribution in [-0.4, -0.2) is 27.5 Å². The number of ether oxygens (including phenoxy) is 1. The van der Waals surface area contributed by atoms with E-state index in [2.05, 4.69) is 4.98 Å². The first-order valence-corrected chi connectivity index (χ1v) is 11.3. The van der Waals surface area contributed by atoms with E-state index in [0.29, 0.717) is 24.0 Å². The van der Waals surface area contributed by atoms with Gasteiger partial charge in [0.2, 0.25) is 5.91 Å². The maximum Gasteiger partial charge on any atom is 0.261 e. The predicted molar refractivity (Wildman–Crippen MR) is 127 cm³/mol. The number of nitrogens with zero attached hydrogens (tertiary/aromatic N) is 3. The summed E-state index contributed by atoms with van der Waals surface area (Å²) in [6, 6.07) is 17.3. The Morgan fingerprint density at radius 3 is 2.72 bits per heavy atom. The zero-order valence-electron chi connectivity index (χ0n) is 18.2. The van der Waals surface area contributed by atoms with E-state index < -0.39 is 0 Å². The number of carbonyl (C=O) groups is 1. The Labute approximate surface area is 190 Å². The van der Waals surface area contributed by atoms with Gasteiger partial charge in [-0.1, -0.05) is 36.4 Å². The number of methoxy groups -OCH3 is 1. The molecule has 2 heterocycles. The van der Waals surface area contributed by atoms with Crippen LogP contribution in [0.3, 0.4) is 0 Å². The van der Waals surface area contributed by atoms with Crippen molar-refractivity contribution in [3.63, 3.8) is 0 Å². The molecular formula is C25H25N3O3S. The average Bonchev–Trinajstić information content (AvgIpc) is 3.32. The summed E-state index contributed by atoms with van der Waals surface area (Å²) in [5, 5.41) is 2.58. The second-order valence-electron chi connectivity index (χ2n) is 7.61. The largest absolute Gasteiger partial charge is 0.496 e. The SMILES string of the molecule is COc1ccccc1CN(Cc1cccs1)C(=O)CCn1cnc2c(C)cccc2c1=O. The molecule has 0 saturated carbocycles. The summed E-state index contributed by atoms with van der Waals surface area (Å²) < 4.78 is 6.99. The summed E-state index contributed by atoms with van der Waals surface area (Å²) in [6.07, 6.45) is 1.74. The van der Waals surface area contributed by atoms with Crippen molar-refractivity contribution in [3.8, 4) is 5.75 Å². The molecule has 0 N–H and O–H groups in total. The molecule has 32 heavy (non-hydrogen) atoms. The number of rotatable bonds is 8. The Morgan fingerprint density at radius 2 is 1.94 bits per heavy atom. The third-order valence-electron chi connectivity index (χ3n) is 5.46. The average molecular weight is 448 g/mol. The van der Waals surface area contributed by atoms with Gasteiger partial charge in [-0.3, -0.25) is 14.2 Å².